The second-order valence-corrected chi connectivity index (χ2v) is 8.05. The lowest BCUT2D eigenvalue weighted by molar-refractivity contribution is 0.296. The first-order valence-corrected chi connectivity index (χ1v) is 8.70. The van der Waals surface area contributed by atoms with Crippen molar-refractivity contribution < 1.29 is 4.74 Å². The van der Waals surface area contributed by atoms with Gasteiger partial charge >= 0.3 is 0 Å². The van der Waals surface area contributed by atoms with E-state index >= 15 is 0 Å². The van der Waals surface area contributed by atoms with Crippen molar-refractivity contribution >= 4 is 0 Å². The topological polar surface area (TPSA) is 50.8 Å². The summed E-state index contributed by atoms with van der Waals surface area (Å²) in [6.07, 6.45) is 7.14. The molecule has 0 radical (unpaired) electrons. The Morgan fingerprint density at radius 3 is 2.52 bits per heavy atom. The molecule has 1 N–H and O–H groups in total. The van der Waals surface area contributed by atoms with Crippen molar-refractivity contribution in [2.24, 2.45) is 5.92 Å². The number of aromatic nitrogens is 3. The summed E-state index contributed by atoms with van der Waals surface area (Å²) in [6.45, 7) is 7.38. The van der Waals surface area contributed by atoms with E-state index in [1.165, 1.54) is 31.2 Å². The van der Waals surface area contributed by atoms with E-state index in [-0.39, 0.29) is 5.41 Å². The normalized spacial score (nSPS) is 18.2. The average molecular weight is 311 g/mol. The molecular weight excluding hydrogens is 286 g/mol. The third-order valence-corrected chi connectivity index (χ3v) is 4.73. The van der Waals surface area contributed by atoms with E-state index in [4.69, 9.17) is 4.74 Å². The first-order chi connectivity index (χ1) is 11.0. The number of nitrogens with zero attached hydrogens (tertiary/aromatic N) is 2. The third-order valence-electron chi connectivity index (χ3n) is 4.73. The van der Waals surface area contributed by atoms with Crippen LogP contribution >= 0.6 is 0 Å². The average Bonchev–Trinajstić information content (AvgIpc) is 3.43. The molecular formula is C19H25N3O. The van der Waals surface area contributed by atoms with Gasteiger partial charge in [-0.15, -0.1) is 0 Å². The highest BCUT2D eigenvalue weighted by Crippen LogP contribution is 2.45. The molecule has 0 aromatic carbocycles. The highest BCUT2D eigenvalue weighted by molar-refractivity contribution is 5.58. The first kappa shape index (κ1) is 14.7. The molecule has 4 heteroatoms. The van der Waals surface area contributed by atoms with E-state index in [1.54, 1.807) is 0 Å². The molecule has 23 heavy (non-hydrogen) atoms. The lowest BCUT2D eigenvalue weighted by Crippen LogP contribution is -2.11. The van der Waals surface area contributed by atoms with Crippen molar-refractivity contribution in [3.05, 3.63) is 29.6 Å². The molecule has 4 nitrogen and oxygen atoms in total. The Hall–Kier alpha value is -1.84. The summed E-state index contributed by atoms with van der Waals surface area (Å²) in [5.74, 6) is 2.43. The van der Waals surface area contributed by atoms with Crippen molar-refractivity contribution in [2.45, 2.75) is 57.8 Å². The SMILES string of the molecule is CC(C)(C)c1cc(-c2cc(OCC3CC3)c(C3CC3)cn2)n[nH]1. The van der Waals surface area contributed by atoms with Gasteiger partial charge in [-0.3, -0.25) is 10.1 Å². The van der Waals surface area contributed by atoms with E-state index in [0.29, 0.717) is 5.92 Å². The Morgan fingerprint density at radius 2 is 1.91 bits per heavy atom. The maximum atomic E-state index is 6.12. The molecule has 2 heterocycles. The van der Waals surface area contributed by atoms with Gasteiger partial charge in [0.2, 0.25) is 0 Å². The van der Waals surface area contributed by atoms with Crippen LogP contribution in [0.5, 0.6) is 5.75 Å². The fourth-order valence-electron chi connectivity index (χ4n) is 2.74. The Bertz CT molecular complexity index is 706. The number of nitrogens with one attached hydrogen (secondary N) is 1. The molecule has 2 fully saturated rings. The number of hydrogen-bond donors (Lipinski definition) is 1. The number of hydrogen-bond acceptors (Lipinski definition) is 3. The van der Waals surface area contributed by atoms with E-state index in [2.05, 4.69) is 48.1 Å². The fourth-order valence-corrected chi connectivity index (χ4v) is 2.74. The smallest absolute Gasteiger partial charge is 0.126 e. The van der Waals surface area contributed by atoms with Gasteiger partial charge in [-0.2, -0.15) is 5.10 Å². The van der Waals surface area contributed by atoms with Crippen LogP contribution in [0.2, 0.25) is 0 Å². The van der Waals surface area contributed by atoms with Gasteiger partial charge in [0, 0.05) is 28.9 Å². The lowest BCUT2D eigenvalue weighted by atomic mass is 9.92. The molecule has 2 aromatic heterocycles. The standard InChI is InChI=1S/C19H25N3O/c1-19(2,3)18-9-16(21-22-18)15-8-17(23-11-12-4-5-12)14(10-20-15)13-6-7-13/h8-10,12-13H,4-7,11H2,1-3H3,(H,21,22). The Balaban J connectivity index is 1.62. The molecule has 2 saturated carbocycles. The van der Waals surface area contributed by atoms with Crippen molar-refractivity contribution in [1.29, 1.82) is 0 Å². The predicted molar refractivity (Wildman–Crippen MR) is 90.7 cm³/mol. The molecule has 2 aliphatic carbocycles. The van der Waals surface area contributed by atoms with E-state index in [9.17, 15) is 0 Å². The summed E-state index contributed by atoms with van der Waals surface area (Å²) in [6, 6.07) is 4.18. The molecule has 0 saturated heterocycles. The highest BCUT2D eigenvalue weighted by Gasteiger charge is 2.29. The first-order valence-electron chi connectivity index (χ1n) is 8.70. The molecule has 0 atom stereocenters. The summed E-state index contributed by atoms with van der Waals surface area (Å²) in [5.41, 5.74) is 4.26. The number of H-pyrrole nitrogens is 1. The minimum absolute atomic E-state index is 0.0600. The van der Waals surface area contributed by atoms with Crippen LogP contribution in [-0.2, 0) is 5.41 Å². The largest absolute Gasteiger partial charge is 0.493 e. The van der Waals surface area contributed by atoms with Crippen LogP contribution in [-0.4, -0.2) is 21.8 Å². The number of pyridine rings is 1. The zero-order valence-corrected chi connectivity index (χ0v) is 14.2. The van der Waals surface area contributed by atoms with Crippen LogP contribution in [0.15, 0.2) is 18.3 Å². The fraction of sp³-hybridized carbons (Fsp3) is 0.579. The highest BCUT2D eigenvalue weighted by atomic mass is 16.5. The zero-order valence-electron chi connectivity index (χ0n) is 14.2. The Morgan fingerprint density at radius 1 is 1.13 bits per heavy atom. The Kier molecular flexibility index (Phi) is 3.43. The number of rotatable bonds is 5. The van der Waals surface area contributed by atoms with Gasteiger partial charge in [0.05, 0.1) is 12.3 Å². The van der Waals surface area contributed by atoms with Crippen molar-refractivity contribution in [3.63, 3.8) is 0 Å². The van der Waals surface area contributed by atoms with Gasteiger partial charge in [-0.1, -0.05) is 20.8 Å². The van der Waals surface area contributed by atoms with Crippen LogP contribution in [0.1, 0.15) is 63.6 Å². The third kappa shape index (κ3) is 3.26. The number of aromatic amines is 1. The van der Waals surface area contributed by atoms with Crippen LogP contribution in [0.4, 0.5) is 0 Å². The maximum absolute atomic E-state index is 6.12. The Labute approximate surface area is 137 Å². The van der Waals surface area contributed by atoms with E-state index in [1.807, 2.05) is 6.20 Å². The second kappa shape index (κ2) is 5.36. The van der Waals surface area contributed by atoms with Gasteiger partial charge in [-0.25, -0.2) is 0 Å². The minimum atomic E-state index is 0.0600. The summed E-state index contributed by atoms with van der Waals surface area (Å²) < 4.78 is 6.12. The van der Waals surface area contributed by atoms with E-state index in [0.717, 1.165) is 35.4 Å². The summed E-state index contributed by atoms with van der Waals surface area (Å²) >= 11 is 0. The molecule has 2 aromatic rings. The molecule has 0 unspecified atom stereocenters. The van der Waals surface area contributed by atoms with Crippen LogP contribution in [0.3, 0.4) is 0 Å². The van der Waals surface area contributed by atoms with E-state index < -0.39 is 0 Å². The summed E-state index contributed by atoms with van der Waals surface area (Å²) in [4.78, 5) is 4.65. The quantitative estimate of drug-likeness (QED) is 0.888. The van der Waals surface area contributed by atoms with Gasteiger partial charge in [0.25, 0.3) is 0 Å². The molecule has 0 aliphatic heterocycles. The van der Waals surface area contributed by atoms with Crippen LogP contribution in [0, 0.1) is 5.92 Å². The van der Waals surface area contributed by atoms with Gasteiger partial charge in [0.1, 0.15) is 11.4 Å². The van der Waals surface area contributed by atoms with Crippen molar-refractivity contribution in [1.82, 2.24) is 15.2 Å². The van der Waals surface area contributed by atoms with Crippen molar-refractivity contribution in [3.8, 4) is 17.1 Å². The lowest BCUT2D eigenvalue weighted by Gasteiger charge is -2.14. The van der Waals surface area contributed by atoms with Gasteiger partial charge in [0.15, 0.2) is 0 Å². The predicted octanol–water partition coefficient (Wildman–Crippen LogP) is 4.44. The summed E-state index contributed by atoms with van der Waals surface area (Å²) in [7, 11) is 0. The zero-order chi connectivity index (χ0) is 16.0. The van der Waals surface area contributed by atoms with Crippen molar-refractivity contribution in [2.75, 3.05) is 6.61 Å². The minimum Gasteiger partial charge on any atom is -0.493 e. The molecule has 0 amide bonds. The van der Waals surface area contributed by atoms with Gasteiger partial charge < -0.3 is 4.74 Å². The molecule has 0 spiro atoms. The van der Waals surface area contributed by atoms with Gasteiger partial charge in [-0.05, 0) is 43.6 Å². The molecule has 122 valence electrons. The van der Waals surface area contributed by atoms with Crippen LogP contribution in [0.25, 0.3) is 11.4 Å². The number of ether oxygens (including phenoxy) is 1. The van der Waals surface area contributed by atoms with Crippen LogP contribution < -0.4 is 4.74 Å². The molecule has 0 bridgehead atoms. The molecule has 4 rings (SSSR count). The second-order valence-electron chi connectivity index (χ2n) is 8.05. The summed E-state index contributed by atoms with van der Waals surface area (Å²) in [5, 5.41) is 7.59. The monoisotopic (exact) mass is 311 g/mol. The maximum Gasteiger partial charge on any atom is 0.126 e. The molecule has 2 aliphatic rings.